The third-order valence-corrected chi connectivity index (χ3v) is 13.6. The first-order valence-corrected chi connectivity index (χ1v) is 26.0. The van der Waals surface area contributed by atoms with E-state index in [1.165, 1.54) is 302 Å². The lowest BCUT2D eigenvalue weighted by atomic mass is 9.78. The van der Waals surface area contributed by atoms with E-state index in [1.807, 2.05) is 0 Å². The molecule has 54 heavy (non-hydrogen) atoms. The highest BCUT2D eigenvalue weighted by Crippen LogP contribution is 2.32. The van der Waals surface area contributed by atoms with Gasteiger partial charge in [-0.25, -0.2) is 0 Å². The predicted molar refractivity (Wildman–Crippen MR) is 243 cm³/mol. The van der Waals surface area contributed by atoms with Crippen LogP contribution < -0.4 is 0 Å². The molecule has 0 aliphatic heterocycles. The molecule has 324 valence electrons. The van der Waals surface area contributed by atoms with Crippen LogP contribution in [0, 0.1) is 5.41 Å². The summed E-state index contributed by atoms with van der Waals surface area (Å²) in [6, 6.07) is 0. The van der Waals surface area contributed by atoms with Crippen molar-refractivity contribution in [2.75, 3.05) is 13.2 Å². The van der Waals surface area contributed by atoms with Crippen molar-refractivity contribution in [1.29, 1.82) is 0 Å². The van der Waals surface area contributed by atoms with Crippen molar-refractivity contribution in [3.05, 3.63) is 0 Å². The van der Waals surface area contributed by atoms with Crippen molar-refractivity contribution >= 4 is 0 Å². The lowest BCUT2D eigenvalue weighted by Gasteiger charge is -2.30. The van der Waals surface area contributed by atoms with Crippen LogP contribution in [0.2, 0.25) is 0 Å². The van der Waals surface area contributed by atoms with Crippen LogP contribution in [0.15, 0.2) is 0 Å². The van der Waals surface area contributed by atoms with Crippen molar-refractivity contribution in [3.8, 4) is 0 Å². The van der Waals surface area contributed by atoms with E-state index in [1.54, 1.807) is 0 Å². The summed E-state index contributed by atoms with van der Waals surface area (Å²) < 4.78 is 0. The lowest BCUT2D eigenvalue weighted by Crippen LogP contribution is -2.30. The van der Waals surface area contributed by atoms with Gasteiger partial charge in [-0.2, -0.15) is 0 Å². The molecule has 0 spiro atoms. The summed E-state index contributed by atoms with van der Waals surface area (Å²) >= 11 is 0. The highest BCUT2D eigenvalue weighted by Gasteiger charge is 2.27. The SMILES string of the molecule is C1CCCCCCCCC1.C1CCCCCCCCC1.C1CCCCCCCCC1.C1CCCCCCCCC1.OCC1(CO)CCCCCCCCC1. The Morgan fingerprint density at radius 3 is 0.352 bits per heavy atom. The molecule has 0 aromatic carbocycles. The Labute approximate surface area is 342 Å². The molecule has 0 bridgehead atoms. The van der Waals surface area contributed by atoms with Gasteiger partial charge in [0.25, 0.3) is 0 Å². The van der Waals surface area contributed by atoms with E-state index in [-0.39, 0.29) is 18.6 Å². The zero-order chi connectivity index (χ0) is 38.6. The van der Waals surface area contributed by atoms with E-state index in [4.69, 9.17) is 0 Å². The monoisotopic (exact) mass is 761 g/mol. The van der Waals surface area contributed by atoms with Gasteiger partial charge in [0.2, 0.25) is 0 Å². The minimum absolute atomic E-state index is 0.156. The largest absolute Gasteiger partial charge is 0.396 e. The van der Waals surface area contributed by atoms with Gasteiger partial charge in [0.1, 0.15) is 0 Å². The maximum absolute atomic E-state index is 9.36. The fourth-order valence-electron chi connectivity index (χ4n) is 9.45. The fourth-order valence-corrected chi connectivity index (χ4v) is 9.45. The molecule has 5 saturated carbocycles. The Bertz CT molecular complexity index is 446. The van der Waals surface area contributed by atoms with Crippen molar-refractivity contribution in [2.24, 2.45) is 5.41 Å². The van der Waals surface area contributed by atoms with Crippen LogP contribution in [-0.4, -0.2) is 23.4 Å². The maximum atomic E-state index is 9.36. The molecule has 5 aliphatic carbocycles. The van der Waals surface area contributed by atoms with Crippen LogP contribution in [0.5, 0.6) is 0 Å². The van der Waals surface area contributed by atoms with Crippen molar-refractivity contribution in [1.82, 2.24) is 0 Å². The van der Waals surface area contributed by atoms with Gasteiger partial charge in [-0.05, 0) is 12.8 Å². The molecule has 0 saturated heterocycles. The van der Waals surface area contributed by atoms with Gasteiger partial charge < -0.3 is 10.2 Å². The molecule has 5 rings (SSSR count). The van der Waals surface area contributed by atoms with Gasteiger partial charge in [0.05, 0.1) is 13.2 Å². The summed E-state index contributed by atoms with van der Waals surface area (Å²) in [6.07, 6.45) is 70.9. The summed E-state index contributed by atoms with van der Waals surface area (Å²) in [4.78, 5) is 0. The van der Waals surface area contributed by atoms with E-state index in [0.717, 1.165) is 12.8 Å². The average molecular weight is 761 g/mol. The number of aliphatic hydroxyl groups is 2. The summed E-state index contributed by atoms with van der Waals surface area (Å²) in [5.74, 6) is 0. The van der Waals surface area contributed by atoms with E-state index in [2.05, 4.69) is 0 Å². The minimum atomic E-state index is -0.169. The van der Waals surface area contributed by atoms with Crippen LogP contribution in [0.1, 0.15) is 315 Å². The van der Waals surface area contributed by atoms with E-state index in [0.29, 0.717) is 0 Å². The van der Waals surface area contributed by atoms with Crippen molar-refractivity contribution in [3.63, 3.8) is 0 Å². The summed E-state index contributed by atoms with van der Waals surface area (Å²) in [5, 5.41) is 18.7. The second-order valence-electron chi connectivity index (χ2n) is 18.9. The summed E-state index contributed by atoms with van der Waals surface area (Å²) in [6.45, 7) is 0.312. The van der Waals surface area contributed by atoms with Crippen LogP contribution >= 0.6 is 0 Å². The lowest BCUT2D eigenvalue weighted by molar-refractivity contribution is 0.0345. The standard InChI is InChI=1S/C12H24O2.4C10H20/c13-10-12(11-14)8-6-4-2-1-3-5-7-9-12;4*1-2-4-6-8-10-9-7-5-3-1/h13-14H,1-11H2;4*1-10H2. The predicted octanol–water partition coefficient (Wildman–Crippen LogP) is 18.1. The molecule has 5 aliphatic rings. The van der Waals surface area contributed by atoms with Crippen LogP contribution in [-0.2, 0) is 0 Å². The molecule has 0 heterocycles. The highest BCUT2D eigenvalue weighted by atomic mass is 16.3. The second kappa shape index (κ2) is 44.0. The van der Waals surface area contributed by atoms with Gasteiger partial charge in [0, 0.05) is 5.41 Å². The molecule has 0 aromatic heterocycles. The quantitative estimate of drug-likeness (QED) is 0.294. The molecular weight excluding hydrogens is 657 g/mol. The summed E-state index contributed by atoms with van der Waals surface area (Å²) in [7, 11) is 0. The minimum Gasteiger partial charge on any atom is -0.396 e. The van der Waals surface area contributed by atoms with E-state index in [9.17, 15) is 10.2 Å². The van der Waals surface area contributed by atoms with E-state index < -0.39 is 0 Å². The number of rotatable bonds is 2. The molecular formula is C52H104O2. The van der Waals surface area contributed by atoms with Gasteiger partial charge in [-0.15, -0.1) is 0 Å². The molecule has 0 radical (unpaired) electrons. The second-order valence-corrected chi connectivity index (χ2v) is 18.9. The van der Waals surface area contributed by atoms with Crippen LogP contribution in [0.3, 0.4) is 0 Å². The third-order valence-electron chi connectivity index (χ3n) is 13.6. The molecule has 0 amide bonds. The Morgan fingerprint density at radius 2 is 0.259 bits per heavy atom. The average Bonchev–Trinajstić information content (AvgIpc) is 3.23. The first-order valence-electron chi connectivity index (χ1n) is 26.0. The van der Waals surface area contributed by atoms with Gasteiger partial charge in [-0.1, -0.05) is 302 Å². The number of hydrogen-bond donors (Lipinski definition) is 2. The zero-order valence-electron chi connectivity index (χ0n) is 37.5. The van der Waals surface area contributed by atoms with Gasteiger partial charge in [-0.3, -0.25) is 0 Å². The smallest absolute Gasteiger partial charge is 0.0509 e. The Morgan fingerprint density at radius 1 is 0.167 bits per heavy atom. The van der Waals surface area contributed by atoms with E-state index >= 15 is 0 Å². The van der Waals surface area contributed by atoms with Crippen molar-refractivity contribution in [2.45, 2.75) is 315 Å². The first kappa shape index (κ1) is 51.9. The number of hydrogen-bond acceptors (Lipinski definition) is 2. The molecule has 2 N–H and O–H groups in total. The zero-order valence-corrected chi connectivity index (χ0v) is 37.5. The fraction of sp³-hybridized carbons (Fsp3) is 1.00. The molecule has 0 atom stereocenters. The van der Waals surface area contributed by atoms with Gasteiger partial charge >= 0.3 is 0 Å². The summed E-state index contributed by atoms with van der Waals surface area (Å²) in [5.41, 5.74) is -0.169. The normalized spacial score (nSPS) is 24.1. The molecule has 0 aromatic rings. The number of aliphatic hydroxyl groups excluding tert-OH is 2. The Kier molecular flexibility index (Phi) is 42.4. The molecule has 2 nitrogen and oxygen atoms in total. The molecule has 0 unspecified atom stereocenters. The first-order chi connectivity index (χ1) is 26.8. The van der Waals surface area contributed by atoms with Crippen LogP contribution in [0.25, 0.3) is 0 Å². The Balaban J connectivity index is 0.000000340. The van der Waals surface area contributed by atoms with Crippen molar-refractivity contribution < 1.29 is 10.2 Å². The maximum Gasteiger partial charge on any atom is 0.0509 e. The highest BCUT2D eigenvalue weighted by molar-refractivity contribution is 4.78. The van der Waals surface area contributed by atoms with Crippen LogP contribution in [0.4, 0.5) is 0 Å². The van der Waals surface area contributed by atoms with Gasteiger partial charge in [0.15, 0.2) is 0 Å². The molecule has 2 heteroatoms. The Hall–Kier alpha value is -0.0800. The third kappa shape index (κ3) is 37.5. The topological polar surface area (TPSA) is 40.5 Å². The molecule has 5 fully saturated rings.